The summed E-state index contributed by atoms with van der Waals surface area (Å²) in [4.78, 5) is 10.5. The fourth-order valence-corrected chi connectivity index (χ4v) is 1.07. The average Bonchev–Trinajstić information content (AvgIpc) is 2.44. The van der Waals surface area contributed by atoms with E-state index in [9.17, 15) is 18.0 Å². The molecule has 0 fully saturated rings. The Morgan fingerprint density at radius 1 is 1.60 bits per heavy atom. The van der Waals surface area contributed by atoms with E-state index in [-0.39, 0.29) is 5.56 Å². The summed E-state index contributed by atoms with van der Waals surface area (Å²) in [6.07, 6.45) is -3.48. The molecule has 1 aromatic rings. The Kier molecular flexibility index (Phi) is 2.74. The Balaban J connectivity index is 3.11. The van der Waals surface area contributed by atoms with Crippen LogP contribution in [0.4, 0.5) is 13.2 Å². The van der Waals surface area contributed by atoms with E-state index in [1.807, 2.05) is 0 Å². The monoisotopic (exact) mass is 222 g/mol. The van der Waals surface area contributed by atoms with Gasteiger partial charge in [0.25, 0.3) is 0 Å². The van der Waals surface area contributed by atoms with Gasteiger partial charge in [-0.25, -0.2) is 4.79 Å². The Morgan fingerprint density at radius 2 is 2.13 bits per heavy atom. The third-order valence-electron chi connectivity index (χ3n) is 1.94. The molecule has 0 saturated carbocycles. The highest BCUT2D eigenvalue weighted by atomic mass is 19.4. The zero-order valence-electron chi connectivity index (χ0n) is 8.04. The van der Waals surface area contributed by atoms with Crippen molar-refractivity contribution in [2.75, 3.05) is 0 Å². The van der Waals surface area contributed by atoms with Crippen molar-refractivity contribution in [3.63, 3.8) is 0 Å². The molecule has 0 saturated heterocycles. The van der Waals surface area contributed by atoms with Crippen LogP contribution in [0.3, 0.4) is 0 Å². The standard InChI is InChI=1S/C8H9F3N2O2/c1-4-3-13(5(2)7(14)15)12-6(4)8(9,10)11/h3,5H,1-2H3,(H,14,15). The summed E-state index contributed by atoms with van der Waals surface area (Å²) in [5.74, 6) is -1.23. The summed E-state index contributed by atoms with van der Waals surface area (Å²) in [5, 5.41) is 11.8. The number of carboxylic acid groups (broad SMARTS) is 1. The minimum Gasteiger partial charge on any atom is -0.480 e. The molecular weight excluding hydrogens is 213 g/mol. The van der Waals surface area contributed by atoms with Crippen LogP contribution in [0.1, 0.15) is 24.2 Å². The fraction of sp³-hybridized carbons (Fsp3) is 0.500. The van der Waals surface area contributed by atoms with E-state index in [1.54, 1.807) is 0 Å². The molecule has 1 heterocycles. The number of hydrogen-bond acceptors (Lipinski definition) is 2. The number of rotatable bonds is 2. The van der Waals surface area contributed by atoms with Gasteiger partial charge in [-0.05, 0) is 19.4 Å². The molecule has 0 amide bonds. The zero-order chi connectivity index (χ0) is 11.8. The number of alkyl halides is 3. The van der Waals surface area contributed by atoms with Crippen molar-refractivity contribution < 1.29 is 23.1 Å². The SMILES string of the molecule is Cc1cn(C(C)C(=O)O)nc1C(F)(F)F. The quantitative estimate of drug-likeness (QED) is 0.830. The lowest BCUT2D eigenvalue weighted by Crippen LogP contribution is -2.17. The molecule has 1 atom stereocenters. The van der Waals surface area contributed by atoms with Crippen LogP contribution in [0.15, 0.2) is 6.20 Å². The van der Waals surface area contributed by atoms with Crippen LogP contribution >= 0.6 is 0 Å². The summed E-state index contributed by atoms with van der Waals surface area (Å²) in [6, 6.07) is -1.11. The molecule has 0 spiro atoms. The Bertz CT molecular complexity index is 384. The maximum atomic E-state index is 12.3. The van der Waals surface area contributed by atoms with Crippen LogP contribution < -0.4 is 0 Å². The van der Waals surface area contributed by atoms with E-state index in [1.165, 1.54) is 13.8 Å². The largest absolute Gasteiger partial charge is 0.480 e. The van der Waals surface area contributed by atoms with Crippen molar-refractivity contribution >= 4 is 5.97 Å². The summed E-state index contributed by atoms with van der Waals surface area (Å²) in [6.45, 7) is 2.50. The van der Waals surface area contributed by atoms with Crippen LogP contribution in [-0.2, 0) is 11.0 Å². The molecule has 0 aliphatic rings. The van der Waals surface area contributed by atoms with Gasteiger partial charge in [0.05, 0.1) is 0 Å². The molecule has 84 valence electrons. The molecule has 0 radical (unpaired) electrons. The third-order valence-corrected chi connectivity index (χ3v) is 1.94. The molecule has 0 bridgehead atoms. The highest BCUT2D eigenvalue weighted by molar-refractivity contribution is 5.71. The van der Waals surface area contributed by atoms with Gasteiger partial charge in [-0.3, -0.25) is 4.68 Å². The van der Waals surface area contributed by atoms with Crippen LogP contribution in [0.5, 0.6) is 0 Å². The number of hydrogen-bond donors (Lipinski definition) is 1. The summed E-state index contributed by atoms with van der Waals surface area (Å²) in [7, 11) is 0. The number of aromatic nitrogens is 2. The van der Waals surface area contributed by atoms with Gasteiger partial charge in [-0.2, -0.15) is 18.3 Å². The molecule has 0 aliphatic carbocycles. The molecule has 15 heavy (non-hydrogen) atoms. The molecule has 4 nitrogen and oxygen atoms in total. The highest BCUT2D eigenvalue weighted by Crippen LogP contribution is 2.30. The minimum absolute atomic E-state index is 0.0874. The van der Waals surface area contributed by atoms with E-state index < -0.39 is 23.9 Å². The molecule has 0 aliphatic heterocycles. The molecule has 7 heteroatoms. The van der Waals surface area contributed by atoms with Crippen molar-refractivity contribution in [1.82, 2.24) is 9.78 Å². The first-order valence-electron chi connectivity index (χ1n) is 4.09. The van der Waals surface area contributed by atoms with E-state index in [0.29, 0.717) is 0 Å². The molecule has 1 aromatic heterocycles. The van der Waals surface area contributed by atoms with Crippen LogP contribution in [0.2, 0.25) is 0 Å². The fourth-order valence-electron chi connectivity index (χ4n) is 1.07. The van der Waals surface area contributed by atoms with Crippen LogP contribution in [0, 0.1) is 6.92 Å². The smallest absolute Gasteiger partial charge is 0.435 e. The predicted molar refractivity (Wildman–Crippen MR) is 44.3 cm³/mol. The summed E-state index contributed by atoms with van der Waals surface area (Å²) in [5.41, 5.74) is -1.13. The zero-order valence-corrected chi connectivity index (χ0v) is 8.04. The van der Waals surface area contributed by atoms with Gasteiger partial charge < -0.3 is 5.11 Å². The van der Waals surface area contributed by atoms with Gasteiger partial charge in [-0.1, -0.05) is 0 Å². The summed E-state index contributed by atoms with van der Waals surface area (Å²) < 4.78 is 37.7. The number of halogens is 3. The number of nitrogens with zero attached hydrogens (tertiary/aromatic N) is 2. The van der Waals surface area contributed by atoms with E-state index in [4.69, 9.17) is 5.11 Å². The van der Waals surface area contributed by atoms with Crippen LogP contribution in [0.25, 0.3) is 0 Å². The van der Waals surface area contributed by atoms with Gasteiger partial charge in [0, 0.05) is 6.20 Å². The first-order valence-corrected chi connectivity index (χ1v) is 4.09. The van der Waals surface area contributed by atoms with Crippen LogP contribution in [-0.4, -0.2) is 20.9 Å². The normalized spacial score (nSPS) is 13.9. The van der Waals surface area contributed by atoms with Gasteiger partial charge in [0.15, 0.2) is 5.69 Å². The molecular formula is C8H9F3N2O2. The predicted octanol–water partition coefficient (Wildman–Crippen LogP) is 1.86. The number of carboxylic acids is 1. The van der Waals surface area contributed by atoms with E-state index >= 15 is 0 Å². The minimum atomic E-state index is -4.55. The molecule has 1 N–H and O–H groups in total. The Morgan fingerprint density at radius 3 is 2.47 bits per heavy atom. The van der Waals surface area contributed by atoms with Gasteiger partial charge in [0.1, 0.15) is 6.04 Å². The van der Waals surface area contributed by atoms with Crippen molar-refractivity contribution in [3.8, 4) is 0 Å². The van der Waals surface area contributed by atoms with Crippen molar-refractivity contribution in [1.29, 1.82) is 0 Å². The maximum Gasteiger partial charge on any atom is 0.435 e. The second kappa shape index (κ2) is 3.56. The van der Waals surface area contributed by atoms with Crippen molar-refractivity contribution in [2.24, 2.45) is 0 Å². The number of aryl methyl sites for hydroxylation is 1. The second-order valence-corrected chi connectivity index (χ2v) is 3.15. The lowest BCUT2D eigenvalue weighted by atomic mass is 10.3. The van der Waals surface area contributed by atoms with E-state index in [0.717, 1.165) is 10.9 Å². The van der Waals surface area contributed by atoms with Crippen molar-refractivity contribution in [2.45, 2.75) is 26.1 Å². The van der Waals surface area contributed by atoms with Gasteiger partial charge in [0.2, 0.25) is 0 Å². The first-order chi connectivity index (χ1) is 6.73. The average molecular weight is 222 g/mol. The van der Waals surface area contributed by atoms with Crippen molar-refractivity contribution in [3.05, 3.63) is 17.5 Å². The topological polar surface area (TPSA) is 55.1 Å². The number of aliphatic carboxylic acids is 1. The molecule has 1 rings (SSSR count). The van der Waals surface area contributed by atoms with Gasteiger partial charge in [-0.15, -0.1) is 0 Å². The molecule has 1 unspecified atom stereocenters. The van der Waals surface area contributed by atoms with E-state index in [2.05, 4.69) is 5.10 Å². The van der Waals surface area contributed by atoms with Gasteiger partial charge >= 0.3 is 12.1 Å². The maximum absolute atomic E-state index is 12.3. The third kappa shape index (κ3) is 2.28. The Labute approximate surface area is 83.3 Å². The summed E-state index contributed by atoms with van der Waals surface area (Å²) >= 11 is 0. The Hall–Kier alpha value is -1.53. The molecule has 0 aromatic carbocycles. The lowest BCUT2D eigenvalue weighted by Gasteiger charge is -2.06. The number of carbonyl (C=O) groups is 1. The second-order valence-electron chi connectivity index (χ2n) is 3.15. The lowest BCUT2D eigenvalue weighted by molar-refractivity contribution is -0.144. The first kappa shape index (κ1) is 11.5. The highest BCUT2D eigenvalue weighted by Gasteiger charge is 2.36.